The van der Waals surface area contributed by atoms with Gasteiger partial charge in [-0.2, -0.15) is 4.98 Å². The summed E-state index contributed by atoms with van der Waals surface area (Å²) in [6.07, 6.45) is 2.64. The van der Waals surface area contributed by atoms with Gasteiger partial charge in [0.25, 0.3) is 0 Å². The predicted octanol–water partition coefficient (Wildman–Crippen LogP) is 5.05. The number of hydrogen-bond acceptors (Lipinski definition) is 4. The Bertz CT molecular complexity index is 865. The fourth-order valence-corrected chi connectivity index (χ4v) is 2.77. The van der Waals surface area contributed by atoms with Gasteiger partial charge in [0.05, 0.1) is 5.69 Å². The fourth-order valence-electron chi connectivity index (χ4n) is 2.56. The van der Waals surface area contributed by atoms with E-state index in [2.05, 4.69) is 33.2 Å². The number of hydrogen-bond donors (Lipinski definition) is 2. The minimum absolute atomic E-state index is 0.597. The van der Waals surface area contributed by atoms with E-state index in [1.54, 1.807) is 6.08 Å². The SMILES string of the molecule is C=CCNc1cc(-c2ccccc2)nc(NCCc2cccc(Cl)c2)n1. The first-order valence-corrected chi connectivity index (χ1v) is 8.90. The largest absolute Gasteiger partial charge is 0.366 e. The maximum absolute atomic E-state index is 6.04. The standard InChI is InChI=1S/C21H21ClN4/c1-2-12-23-20-15-19(17-8-4-3-5-9-17)25-21(26-20)24-13-11-16-7-6-10-18(22)14-16/h2-10,14-15H,1,11-13H2,(H2,23,24,25,26). The molecule has 4 nitrogen and oxygen atoms in total. The highest BCUT2D eigenvalue weighted by Crippen LogP contribution is 2.21. The summed E-state index contributed by atoms with van der Waals surface area (Å²) >= 11 is 6.04. The van der Waals surface area contributed by atoms with Gasteiger partial charge in [0.1, 0.15) is 5.82 Å². The summed E-state index contributed by atoms with van der Waals surface area (Å²) < 4.78 is 0. The second kappa shape index (κ2) is 9.02. The van der Waals surface area contributed by atoms with Crippen LogP contribution in [-0.2, 0) is 6.42 Å². The summed E-state index contributed by atoms with van der Waals surface area (Å²) in [4.78, 5) is 9.18. The first-order chi connectivity index (χ1) is 12.7. The summed E-state index contributed by atoms with van der Waals surface area (Å²) in [5, 5.41) is 7.29. The van der Waals surface area contributed by atoms with Crippen molar-refractivity contribution in [2.45, 2.75) is 6.42 Å². The molecule has 3 aromatic rings. The Hall–Kier alpha value is -2.85. The van der Waals surface area contributed by atoms with Gasteiger partial charge in [-0.1, -0.05) is 60.1 Å². The maximum atomic E-state index is 6.04. The van der Waals surface area contributed by atoms with Gasteiger partial charge in [-0.15, -0.1) is 6.58 Å². The third-order valence-electron chi connectivity index (χ3n) is 3.81. The Morgan fingerprint density at radius 3 is 2.58 bits per heavy atom. The van der Waals surface area contributed by atoms with Gasteiger partial charge in [-0.25, -0.2) is 4.98 Å². The Morgan fingerprint density at radius 1 is 0.962 bits per heavy atom. The lowest BCUT2D eigenvalue weighted by Gasteiger charge is -2.11. The molecule has 2 aromatic carbocycles. The monoisotopic (exact) mass is 364 g/mol. The van der Waals surface area contributed by atoms with Crippen molar-refractivity contribution in [3.63, 3.8) is 0 Å². The van der Waals surface area contributed by atoms with Gasteiger partial charge >= 0.3 is 0 Å². The van der Waals surface area contributed by atoms with Crippen LogP contribution in [-0.4, -0.2) is 23.1 Å². The Balaban J connectivity index is 1.75. The topological polar surface area (TPSA) is 49.8 Å². The van der Waals surface area contributed by atoms with E-state index in [-0.39, 0.29) is 0 Å². The number of anilines is 2. The molecule has 0 aliphatic heterocycles. The highest BCUT2D eigenvalue weighted by molar-refractivity contribution is 6.30. The summed E-state index contributed by atoms with van der Waals surface area (Å²) in [6, 6.07) is 19.9. The maximum Gasteiger partial charge on any atom is 0.225 e. The molecular formula is C21H21ClN4. The van der Waals surface area contributed by atoms with E-state index in [0.29, 0.717) is 12.5 Å². The molecule has 0 fully saturated rings. The van der Waals surface area contributed by atoms with Crippen molar-refractivity contribution in [2.75, 3.05) is 23.7 Å². The van der Waals surface area contributed by atoms with Crippen LogP contribution in [0.15, 0.2) is 73.3 Å². The van der Waals surface area contributed by atoms with Crippen molar-refractivity contribution in [2.24, 2.45) is 0 Å². The fraction of sp³-hybridized carbons (Fsp3) is 0.143. The van der Waals surface area contributed by atoms with Crippen LogP contribution in [0.5, 0.6) is 0 Å². The predicted molar refractivity (Wildman–Crippen MR) is 110 cm³/mol. The van der Waals surface area contributed by atoms with Crippen molar-refractivity contribution in [1.29, 1.82) is 0 Å². The van der Waals surface area contributed by atoms with Gasteiger partial charge in [-0.05, 0) is 24.1 Å². The van der Waals surface area contributed by atoms with Gasteiger partial charge in [-0.3, -0.25) is 0 Å². The zero-order valence-electron chi connectivity index (χ0n) is 14.5. The molecule has 1 heterocycles. The van der Waals surface area contributed by atoms with Gasteiger partial charge in [0.15, 0.2) is 0 Å². The van der Waals surface area contributed by atoms with Crippen LogP contribution >= 0.6 is 11.6 Å². The molecule has 0 bridgehead atoms. The van der Waals surface area contributed by atoms with Crippen molar-refractivity contribution < 1.29 is 0 Å². The molecule has 0 aliphatic rings. The smallest absolute Gasteiger partial charge is 0.225 e. The van der Waals surface area contributed by atoms with Crippen molar-refractivity contribution in [1.82, 2.24) is 9.97 Å². The highest BCUT2D eigenvalue weighted by atomic mass is 35.5. The molecule has 0 radical (unpaired) electrons. The lowest BCUT2D eigenvalue weighted by molar-refractivity contribution is 0.984. The van der Waals surface area contributed by atoms with E-state index < -0.39 is 0 Å². The quantitative estimate of drug-likeness (QED) is 0.549. The highest BCUT2D eigenvalue weighted by Gasteiger charge is 2.06. The van der Waals surface area contributed by atoms with Crippen LogP contribution in [0.4, 0.5) is 11.8 Å². The van der Waals surface area contributed by atoms with Gasteiger partial charge in [0, 0.05) is 29.7 Å². The molecule has 5 heteroatoms. The molecule has 0 atom stereocenters. The third kappa shape index (κ3) is 5.07. The molecule has 0 saturated heterocycles. The summed E-state index contributed by atoms with van der Waals surface area (Å²) in [5.74, 6) is 1.36. The van der Waals surface area contributed by atoms with Gasteiger partial charge in [0.2, 0.25) is 5.95 Å². The molecule has 132 valence electrons. The Labute approximate surface area is 159 Å². The lowest BCUT2D eigenvalue weighted by Crippen LogP contribution is -2.10. The number of benzene rings is 2. The van der Waals surface area contributed by atoms with E-state index >= 15 is 0 Å². The van der Waals surface area contributed by atoms with Crippen LogP contribution in [0, 0.1) is 0 Å². The summed E-state index contributed by atoms with van der Waals surface area (Å²) in [5.41, 5.74) is 3.10. The minimum Gasteiger partial charge on any atom is -0.366 e. The molecule has 0 saturated carbocycles. The normalized spacial score (nSPS) is 10.3. The third-order valence-corrected chi connectivity index (χ3v) is 4.04. The molecule has 0 spiro atoms. The molecule has 3 rings (SSSR count). The van der Waals surface area contributed by atoms with E-state index in [0.717, 1.165) is 35.1 Å². The van der Waals surface area contributed by atoms with E-state index in [1.165, 1.54) is 5.56 Å². The molecule has 1 aromatic heterocycles. The molecule has 0 unspecified atom stereocenters. The molecule has 26 heavy (non-hydrogen) atoms. The zero-order valence-corrected chi connectivity index (χ0v) is 15.2. The van der Waals surface area contributed by atoms with E-state index in [9.17, 15) is 0 Å². The minimum atomic E-state index is 0.597. The second-order valence-corrected chi connectivity index (χ2v) is 6.24. The molecular weight excluding hydrogens is 344 g/mol. The second-order valence-electron chi connectivity index (χ2n) is 5.80. The average Bonchev–Trinajstić information content (AvgIpc) is 2.67. The average molecular weight is 365 g/mol. The Kier molecular flexibility index (Phi) is 6.23. The number of halogens is 1. The summed E-state index contributed by atoms with van der Waals surface area (Å²) in [7, 11) is 0. The van der Waals surface area contributed by atoms with E-state index in [4.69, 9.17) is 11.6 Å². The lowest BCUT2D eigenvalue weighted by atomic mass is 10.1. The Morgan fingerprint density at radius 2 is 1.81 bits per heavy atom. The van der Waals surface area contributed by atoms with Crippen LogP contribution < -0.4 is 10.6 Å². The summed E-state index contributed by atoms with van der Waals surface area (Å²) in [6.45, 7) is 5.10. The van der Waals surface area contributed by atoms with Crippen LogP contribution in [0.25, 0.3) is 11.3 Å². The van der Waals surface area contributed by atoms with Crippen molar-refractivity contribution >= 4 is 23.4 Å². The first-order valence-electron chi connectivity index (χ1n) is 8.52. The molecule has 0 amide bonds. The van der Waals surface area contributed by atoms with Gasteiger partial charge < -0.3 is 10.6 Å². The zero-order chi connectivity index (χ0) is 18.2. The molecule has 0 aliphatic carbocycles. The number of rotatable bonds is 8. The number of nitrogens with zero attached hydrogens (tertiary/aromatic N) is 2. The van der Waals surface area contributed by atoms with Crippen LogP contribution in [0.1, 0.15) is 5.56 Å². The van der Waals surface area contributed by atoms with E-state index in [1.807, 2.05) is 54.6 Å². The van der Waals surface area contributed by atoms with Crippen molar-refractivity contribution in [3.8, 4) is 11.3 Å². The number of aromatic nitrogens is 2. The number of nitrogens with one attached hydrogen (secondary N) is 2. The van der Waals surface area contributed by atoms with Crippen molar-refractivity contribution in [3.05, 3.63) is 83.9 Å². The first kappa shape index (κ1) is 18.0. The van der Waals surface area contributed by atoms with Crippen LogP contribution in [0.3, 0.4) is 0 Å². The molecule has 2 N–H and O–H groups in total. The van der Waals surface area contributed by atoms with Crippen LogP contribution in [0.2, 0.25) is 5.02 Å².